The number of hydrogen-bond acceptors (Lipinski definition) is 3. The molecule has 0 heterocycles. The maximum Gasteiger partial charge on any atom is 0.234 e. The molecule has 0 saturated heterocycles. The third-order valence-electron chi connectivity index (χ3n) is 2.65. The van der Waals surface area contributed by atoms with Crippen molar-refractivity contribution in [1.82, 2.24) is 5.32 Å². The molecule has 78 valence electrons. The Balaban J connectivity index is 2.30. The number of nitrogens with one attached hydrogen (secondary N) is 1. The maximum atomic E-state index is 11.1. The first-order chi connectivity index (χ1) is 6.76. The van der Waals surface area contributed by atoms with Crippen LogP contribution < -0.4 is 5.32 Å². The summed E-state index contributed by atoms with van der Waals surface area (Å²) in [5, 5.41) is 20.1. The number of nitrogens with zero attached hydrogens (tertiary/aromatic N) is 1. The van der Waals surface area contributed by atoms with Crippen LogP contribution in [0.2, 0.25) is 0 Å². The molecule has 1 fully saturated rings. The van der Waals surface area contributed by atoms with E-state index in [0.29, 0.717) is 5.92 Å². The van der Waals surface area contributed by atoms with Gasteiger partial charge in [0.1, 0.15) is 6.42 Å². The van der Waals surface area contributed by atoms with Crippen molar-refractivity contribution in [1.29, 1.82) is 5.26 Å². The van der Waals surface area contributed by atoms with Crippen LogP contribution in [0.3, 0.4) is 0 Å². The molecule has 4 heteroatoms. The Labute approximate surface area is 83.9 Å². The molecule has 2 unspecified atom stereocenters. The minimum Gasteiger partial charge on any atom is -0.396 e. The predicted molar refractivity (Wildman–Crippen MR) is 51.2 cm³/mol. The van der Waals surface area contributed by atoms with Crippen molar-refractivity contribution in [3.63, 3.8) is 0 Å². The standard InChI is InChI=1S/C10H16N2O2/c11-5-4-10(14)12-9-3-1-2-8(6-9)7-13/h8-9,13H,1-4,6-7H2,(H,12,14). The van der Waals surface area contributed by atoms with Crippen LogP contribution in [0.4, 0.5) is 0 Å². The number of aliphatic hydroxyl groups excluding tert-OH is 1. The van der Waals surface area contributed by atoms with Gasteiger partial charge in [0.05, 0.1) is 6.07 Å². The molecule has 0 aliphatic heterocycles. The van der Waals surface area contributed by atoms with E-state index in [1.54, 1.807) is 0 Å². The number of nitriles is 1. The van der Waals surface area contributed by atoms with Crippen LogP contribution in [0.1, 0.15) is 32.1 Å². The first kappa shape index (κ1) is 11.0. The smallest absolute Gasteiger partial charge is 0.234 e. The number of hydrogen-bond donors (Lipinski definition) is 2. The van der Waals surface area contributed by atoms with Crippen molar-refractivity contribution < 1.29 is 9.90 Å². The molecule has 0 spiro atoms. The highest BCUT2D eigenvalue weighted by molar-refractivity contribution is 5.78. The van der Waals surface area contributed by atoms with Gasteiger partial charge in [-0.2, -0.15) is 5.26 Å². The zero-order chi connectivity index (χ0) is 10.4. The van der Waals surface area contributed by atoms with Gasteiger partial charge in [0, 0.05) is 12.6 Å². The molecule has 1 saturated carbocycles. The van der Waals surface area contributed by atoms with Crippen LogP contribution in [0.5, 0.6) is 0 Å². The van der Waals surface area contributed by atoms with Crippen LogP contribution in [0.15, 0.2) is 0 Å². The minimum atomic E-state index is -0.198. The summed E-state index contributed by atoms with van der Waals surface area (Å²) >= 11 is 0. The van der Waals surface area contributed by atoms with E-state index in [0.717, 1.165) is 25.7 Å². The second-order valence-corrected chi connectivity index (χ2v) is 3.81. The zero-order valence-electron chi connectivity index (χ0n) is 8.20. The van der Waals surface area contributed by atoms with Crippen molar-refractivity contribution >= 4 is 5.91 Å². The molecule has 1 rings (SSSR count). The van der Waals surface area contributed by atoms with Gasteiger partial charge in [-0.05, 0) is 25.2 Å². The molecule has 0 aromatic heterocycles. The monoisotopic (exact) mass is 196 g/mol. The SMILES string of the molecule is N#CCC(=O)NC1CCCC(CO)C1. The number of carbonyl (C=O) groups is 1. The highest BCUT2D eigenvalue weighted by atomic mass is 16.3. The Morgan fingerprint density at radius 3 is 3.00 bits per heavy atom. The molecular weight excluding hydrogens is 180 g/mol. The average molecular weight is 196 g/mol. The predicted octanol–water partition coefficient (Wildman–Crippen LogP) is 0.567. The van der Waals surface area contributed by atoms with Crippen LogP contribution in [0.25, 0.3) is 0 Å². The Hall–Kier alpha value is -1.08. The van der Waals surface area contributed by atoms with Gasteiger partial charge in [-0.25, -0.2) is 0 Å². The van der Waals surface area contributed by atoms with Crippen LogP contribution >= 0.6 is 0 Å². The summed E-state index contributed by atoms with van der Waals surface area (Å²) in [6, 6.07) is 1.98. The molecular formula is C10H16N2O2. The first-order valence-electron chi connectivity index (χ1n) is 5.03. The fourth-order valence-electron chi connectivity index (χ4n) is 1.94. The molecule has 1 aliphatic carbocycles. The molecule has 2 N–H and O–H groups in total. The van der Waals surface area contributed by atoms with Gasteiger partial charge in [-0.3, -0.25) is 4.79 Å². The van der Waals surface area contributed by atoms with Crippen molar-refractivity contribution in [2.24, 2.45) is 5.92 Å². The molecule has 1 aliphatic rings. The molecule has 0 aromatic carbocycles. The quantitative estimate of drug-likeness (QED) is 0.693. The third-order valence-corrected chi connectivity index (χ3v) is 2.65. The lowest BCUT2D eigenvalue weighted by Crippen LogP contribution is -2.38. The van der Waals surface area contributed by atoms with Gasteiger partial charge in [0.25, 0.3) is 0 Å². The van der Waals surface area contributed by atoms with Gasteiger partial charge in [0.2, 0.25) is 5.91 Å². The van der Waals surface area contributed by atoms with Gasteiger partial charge in [-0.1, -0.05) is 6.42 Å². The maximum absolute atomic E-state index is 11.1. The highest BCUT2D eigenvalue weighted by Crippen LogP contribution is 2.23. The minimum absolute atomic E-state index is 0.0692. The second kappa shape index (κ2) is 5.61. The average Bonchev–Trinajstić information content (AvgIpc) is 2.18. The van der Waals surface area contributed by atoms with Crippen molar-refractivity contribution in [3.05, 3.63) is 0 Å². The van der Waals surface area contributed by atoms with Crippen molar-refractivity contribution in [3.8, 4) is 6.07 Å². The largest absolute Gasteiger partial charge is 0.396 e. The molecule has 2 atom stereocenters. The molecule has 1 amide bonds. The molecule has 0 aromatic rings. The summed E-state index contributed by atoms with van der Waals surface area (Å²) in [7, 11) is 0. The Morgan fingerprint density at radius 1 is 1.57 bits per heavy atom. The van der Waals surface area contributed by atoms with Crippen molar-refractivity contribution in [2.75, 3.05) is 6.61 Å². The Kier molecular flexibility index (Phi) is 4.41. The van der Waals surface area contributed by atoms with E-state index >= 15 is 0 Å². The second-order valence-electron chi connectivity index (χ2n) is 3.81. The van der Waals surface area contributed by atoms with Crippen LogP contribution in [-0.4, -0.2) is 23.7 Å². The van der Waals surface area contributed by atoms with E-state index in [2.05, 4.69) is 5.32 Å². The van der Waals surface area contributed by atoms with E-state index in [1.807, 2.05) is 6.07 Å². The van der Waals surface area contributed by atoms with Gasteiger partial charge < -0.3 is 10.4 Å². The first-order valence-corrected chi connectivity index (χ1v) is 5.03. The number of aliphatic hydroxyl groups is 1. The lowest BCUT2D eigenvalue weighted by atomic mass is 9.86. The van der Waals surface area contributed by atoms with Crippen LogP contribution in [0, 0.1) is 17.2 Å². The number of amides is 1. The zero-order valence-corrected chi connectivity index (χ0v) is 8.20. The molecule has 4 nitrogen and oxygen atoms in total. The fraction of sp³-hybridized carbons (Fsp3) is 0.800. The summed E-state index contributed by atoms with van der Waals surface area (Å²) in [6.45, 7) is 0.199. The Morgan fingerprint density at radius 2 is 2.36 bits per heavy atom. The van der Waals surface area contributed by atoms with Crippen LogP contribution in [-0.2, 0) is 4.79 Å². The van der Waals surface area contributed by atoms with E-state index in [1.165, 1.54) is 0 Å². The normalized spacial score (nSPS) is 26.6. The highest BCUT2D eigenvalue weighted by Gasteiger charge is 2.22. The summed E-state index contributed by atoms with van der Waals surface area (Å²) in [4.78, 5) is 11.1. The van der Waals surface area contributed by atoms with Crippen molar-refractivity contribution in [2.45, 2.75) is 38.1 Å². The van der Waals surface area contributed by atoms with E-state index < -0.39 is 0 Å². The van der Waals surface area contributed by atoms with Gasteiger partial charge in [-0.15, -0.1) is 0 Å². The fourth-order valence-corrected chi connectivity index (χ4v) is 1.94. The number of rotatable bonds is 3. The summed E-state index contributed by atoms with van der Waals surface area (Å²) in [5.41, 5.74) is 0. The molecule has 0 bridgehead atoms. The summed E-state index contributed by atoms with van der Waals surface area (Å²) < 4.78 is 0. The lowest BCUT2D eigenvalue weighted by molar-refractivity contribution is -0.121. The van der Waals surface area contributed by atoms with E-state index in [9.17, 15) is 4.79 Å². The summed E-state index contributed by atoms with van der Waals surface area (Å²) in [6.07, 6.45) is 3.82. The van der Waals surface area contributed by atoms with E-state index in [-0.39, 0.29) is 25.0 Å². The van der Waals surface area contributed by atoms with Gasteiger partial charge >= 0.3 is 0 Å². The lowest BCUT2D eigenvalue weighted by Gasteiger charge is -2.28. The third kappa shape index (κ3) is 3.35. The summed E-state index contributed by atoms with van der Waals surface area (Å²) in [5.74, 6) is 0.118. The number of carbonyl (C=O) groups excluding carboxylic acids is 1. The van der Waals surface area contributed by atoms with Gasteiger partial charge in [0.15, 0.2) is 0 Å². The Bertz CT molecular complexity index is 235. The molecule has 0 radical (unpaired) electrons. The van der Waals surface area contributed by atoms with E-state index in [4.69, 9.17) is 10.4 Å². The molecule has 14 heavy (non-hydrogen) atoms. The topological polar surface area (TPSA) is 73.1 Å².